The van der Waals surface area contributed by atoms with Gasteiger partial charge in [0.05, 0.1) is 27.4 Å². The summed E-state index contributed by atoms with van der Waals surface area (Å²) in [4.78, 5) is 14.2. The fraction of sp³-hybridized carbons (Fsp3) is 0.500. The third kappa shape index (κ3) is 3.17. The predicted molar refractivity (Wildman–Crippen MR) is 73.6 cm³/mol. The van der Waals surface area contributed by atoms with Crippen molar-refractivity contribution >= 4 is 5.78 Å². The number of ether oxygens (including phenoxy) is 3. The molecule has 19 heavy (non-hydrogen) atoms. The molecule has 1 aromatic rings. The van der Waals surface area contributed by atoms with E-state index < -0.39 is 0 Å². The Morgan fingerprint density at radius 1 is 1.05 bits per heavy atom. The molecule has 0 aliphatic rings. The molecule has 1 atom stereocenters. The molecule has 0 amide bonds. The molecule has 1 unspecified atom stereocenters. The van der Waals surface area contributed by atoms with Crippen LogP contribution in [0, 0.1) is 0 Å². The number of hydrogen-bond acceptors (Lipinski definition) is 5. The summed E-state index contributed by atoms with van der Waals surface area (Å²) >= 11 is 0. The molecule has 0 aliphatic heterocycles. The minimum absolute atomic E-state index is 0.00394. The van der Waals surface area contributed by atoms with Crippen LogP contribution in [0.3, 0.4) is 0 Å². The zero-order valence-electron chi connectivity index (χ0n) is 12.3. The molecule has 0 aromatic heterocycles. The molecule has 0 radical (unpaired) electrons. The molecular weight excluding hydrogens is 246 g/mol. The number of methoxy groups -OCH3 is 3. The van der Waals surface area contributed by atoms with Gasteiger partial charge in [0.1, 0.15) is 0 Å². The van der Waals surface area contributed by atoms with Gasteiger partial charge in [-0.3, -0.25) is 9.69 Å². The van der Waals surface area contributed by atoms with Gasteiger partial charge in [-0.1, -0.05) is 0 Å². The number of ketones is 1. The van der Waals surface area contributed by atoms with Crippen molar-refractivity contribution < 1.29 is 19.0 Å². The molecule has 0 heterocycles. The monoisotopic (exact) mass is 267 g/mol. The smallest absolute Gasteiger partial charge is 0.203 e. The van der Waals surface area contributed by atoms with Gasteiger partial charge in [0, 0.05) is 5.56 Å². The molecule has 5 heteroatoms. The van der Waals surface area contributed by atoms with Gasteiger partial charge in [0.15, 0.2) is 17.3 Å². The zero-order valence-corrected chi connectivity index (χ0v) is 12.3. The van der Waals surface area contributed by atoms with Gasteiger partial charge in [-0.05, 0) is 33.2 Å². The van der Waals surface area contributed by atoms with Gasteiger partial charge in [-0.25, -0.2) is 0 Å². The molecule has 0 spiro atoms. The van der Waals surface area contributed by atoms with Crippen molar-refractivity contribution in [3.63, 3.8) is 0 Å². The van der Waals surface area contributed by atoms with Gasteiger partial charge in [0.2, 0.25) is 5.75 Å². The summed E-state index contributed by atoms with van der Waals surface area (Å²) in [5.41, 5.74) is 0.538. The Balaban J connectivity index is 3.27. The molecule has 106 valence electrons. The minimum atomic E-state index is -0.220. The van der Waals surface area contributed by atoms with E-state index in [9.17, 15) is 4.79 Å². The highest BCUT2D eigenvalue weighted by Gasteiger charge is 2.21. The maximum absolute atomic E-state index is 12.3. The van der Waals surface area contributed by atoms with Crippen molar-refractivity contribution in [2.75, 3.05) is 35.4 Å². The molecule has 0 saturated carbocycles. The zero-order chi connectivity index (χ0) is 14.6. The number of Topliss-reactive ketones (excluding diaryl/α,β-unsaturated/α-hetero) is 1. The maximum atomic E-state index is 12.3. The van der Waals surface area contributed by atoms with E-state index in [-0.39, 0.29) is 11.8 Å². The fourth-order valence-corrected chi connectivity index (χ4v) is 1.70. The number of nitrogens with zero attached hydrogens (tertiary/aromatic N) is 1. The molecule has 5 nitrogen and oxygen atoms in total. The summed E-state index contributed by atoms with van der Waals surface area (Å²) in [6, 6.07) is 3.12. The average molecular weight is 267 g/mol. The van der Waals surface area contributed by atoms with Crippen molar-refractivity contribution in [1.82, 2.24) is 4.90 Å². The lowest BCUT2D eigenvalue weighted by molar-refractivity contribution is 0.0890. The lowest BCUT2D eigenvalue weighted by Gasteiger charge is -2.20. The molecule has 0 bridgehead atoms. The van der Waals surface area contributed by atoms with E-state index in [0.29, 0.717) is 22.8 Å². The van der Waals surface area contributed by atoms with Gasteiger partial charge in [-0.15, -0.1) is 0 Å². The summed E-state index contributed by atoms with van der Waals surface area (Å²) in [7, 11) is 8.31. The van der Waals surface area contributed by atoms with Crippen LogP contribution in [0.4, 0.5) is 0 Å². The normalized spacial score (nSPS) is 12.2. The third-order valence-electron chi connectivity index (χ3n) is 3.10. The lowest BCUT2D eigenvalue weighted by Crippen LogP contribution is -2.32. The summed E-state index contributed by atoms with van der Waals surface area (Å²) in [6.07, 6.45) is 0. The molecule has 0 saturated heterocycles. The predicted octanol–water partition coefficient (Wildman–Crippen LogP) is 1.85. The summed E-state index contributed by atoms with van der Waals surface area (Å²) in [6.45, 7) is 1.85. The fourth-order valence-electron chi connectivity index (χ4n) is 1.70. The second kappa shape index (κ2) is 6.43. The molecule has 0 N–H and O–H groups in total. The Morgan fingerprint density at radius 2 is 1.53 bits per heavy atom. The Labute approximate surface area is 114 Å². The molecular formula is C14H21NO4. The van der Waals surface area contributed by atoms with E-state index in [1.165, 1.54) is 21.3 Å². The molecule has 0 aliphatic carbocycles. The standard InChI is InChI=1S/C14H21NO4/c1-9(15(2)3)13(16)10-7-11(17-4)14(19-6)12(8-10)18-5/h7-9H,1-6H3. The van der Waals surface area contributed by atoms with Crippen molar-refractivity contribution in [2.24, 2.45) is 0 Å². The number of benzene rings is 1. The first-order valence-electron chi connectivity index (χ1n) is 5.96. The van der Waals surface area contributed by atoms with Crippen LogP contribution in [0.15, 0.2) is 12.1 Å². The topological polar surface area (TPSA) is 48.0 Å². The maximum Gasteiger partial charge on any atom is 0.203 e. The number of likely N-dealkylation sites (N-methyl/N-ethyl adjacent to an activating group) is 1. The quantitative estimate of drug-likeness (QED) is 0.736. The van der Waals surface area contributed by atoms with Gasteiger partial charge < -0.3 is 14.2 Å². The van der Waals surface area contributed by atoms with Crippen LogP contribution < -0.4 is 14.2 Å². The number of rotatable bonds is 6. The van der Waals surface area contributed by atoms with Crippen LogP contribution in [0.25, 0.3) is 0 Å². The summed E-state index contributed by atoms with van der Waals surface area (Å²) in [5, 5.41) is 0. The van der Waals surface area contributed by atoms with Crippen LogP contribution in [-0.2, 0) is 0 Å². The van der Waals surface area contributed by atoms with E-state index in [2.05, 4.69) is 0 Å². The lowest BCUT2D eigenvalue weighted by atomic mass is 10.0. The Hall–Kier alpha value is -1.75. The van der Waals surface area contributed by atoms with Crippen LogP contribution in [0.1, 0.15) is 17.3 Å². The first-order valence-corrected chi connectivity index (χ1v) is 5.96. The largest absolute Gasteiger partial charge is 0.493 e. The second-order valence-electron chi connectivity index (χ2n) is 4.42. The highest BCUT2D eigenvalue weighted by atomic mass is 16.5. The Kier molecular flexibility index (Phi) is 5.18. The van der Waals surface area contributed by atoms with E-state index in [1.807, 2.05) is 25.9 Å². The first-order chi connectivity index (χ1) is 8.96. The van der Waals surface area contributed by atoms with Crippen LogP contribution >= 0.6 is 0 Å². The van der Waals surface area contributed by atoms with Gasteiger partial charge in [0.25, 0.3) is 0 Å². The van der Waals surface area contributed by atoms with Crippen LogP contribution in [-0.4, -0.2) is 52.1 Å². The first kappa shape index (κ1) is 15.3. The minimum Gasteiger partial charge on any atom is -0.493 e. The number of carbonyl (C=O) groups is 1. The second-order valence-corrected chi connectivity index (χ2v) is 4.42. The van der Waals surface area contributed by atoms with Crippen molar-refractivity contribution in [3.05, 3.63) is 17.7 Å². The SMILES string of the molecule is COc1cc(C(=O)C(C)N(C)C)cc(OC)c1OC. The van der Waals surface area contributed by atoms with E-state index in [4.69, 9.17) is 14.2 Å². The van der Waals surface area contributed by atoms with Crippen molar-refractivity contribution in [1.29, 1.82) is 0 Å². The van der Waals surface area contributed by atoms with Gasteiger partial charge in [-0.2, -0.15) is 0 Å². The van der Waals surface area contributed by atoms with E-state index in [1.54, 1.807) is 12.1 Å². The van der Waals surface area contributed by atoms with Crippen molar-refractivity contribution in [3.8, 4) is 17.2 Å². The summed E-state index contributed by atoms with van der Waals surface area (Å²) < 4.78 is 15.7. The van der Waals surface area contributed by atoms with Crippen molar-refractivity contribution in [2.45, 2.75) is 13.0 Å². The Morgan fingerprint density at radius 3 is 1.84 bits per heavy atom. The summed E-state index contributed by atoms with van der Waals surface area (Å²) in [5.74, 6) is 1.45. The molecule has 0 fully saturated rings. The molecule has 1 aromatic carbocycles. The number of hydrogen-bond donors (Lipinski definition) is 0. The Bertz CT molecular complexity index is 432. The highest BCUT2D eigenvalue weighted by molar-refractivity contribution is 6.00. The van der Waals surface area contributed by atoms with Crippen LogP contribution in [0.2, 0.25) is 0 Å². The van der Waals surface area contributed by atoms with E-state index in [0.717, 1.165) is 0 Å². The van der Waals surface area contributed by atoms with Gasteiger partial charge >= 0.3 is 0 Å². The highest BCUT2D eigenvalue weighted by Crippen LogP contribution is 2.38. The number of carbonyl (C=O) groups excluding carboxylic acids is 1. The third-order valence-corrected chi connectivity index (χ3v) is 3.10. The average Bonchev–Trinajstić information content (AvgIpc) is 2.43. The van der Waals surface area contributed by atoms with Crippen LogP contribution in [0.5, 0.6) is 17.2 Å². The van der Waals surface area contributed by atoms with E-state index >= 15 is 0 Å². The molecule has 1 rings (SSSR count).